The van der Waals surface area contributed by atoms with Crippen LogP contribution in [0.3, 0.4) is 0 Å². The quantitative estimate of drug-likeness (QED) is 0.366. The third-order valence-corrected chi connectivity index (χ3v) is 1.03. The van der Waals surface area contributed by atoms with Crippen molar-refractivity contribution in [2.45, 2.75) is 25.7 Å². The first kappa shape index (κ1) is 25.2. The average molecular weight is 252 g/mol. The zero-order chi connectivity index (χ0) is 11.6. The molecule has 0 atom stereocenters. The number of aliphatic carboxylic acids is 2. The van der Waals surface area contributed by atoms with Crippen molar-refractivity contribution in [3.63, 3.8) is 0 Å². The van der Waals surface area contributed by atoms with E-state index in [9.17, 15) is 9.59 Å². The molecule has 0 radical (unpaired) electrons. The van der Waals surface area contributed by atoms with Gasteiger partial charge in [0.1, 0.15) is 0 Å². The summed E-state index contributed by atoms with van der Waals surface area (Å²) in [5.74, 6) is -1.74. The number of carboxylic acids is 2. The summed E-state index contributed by atoms with van der Waals surface area (Å²) in [4.78, 5) is 28.1. The van der Waals surface area contributed by atoms with Gasteiger partial charge in [0, 0.05) is 12.8 Å². The van der Waals surface area contributed by atoms with Crippen LogP contribution in [0.4, 0.5) is 4.79 Å². The van der Waals surface area contributed by atoms with Crippen LogP contribution in [0.5, 0.6) is 0 Å². The minimum absolute atomic E-state index is 0. The predicted octanol–water partition coefficient (Wildman–Crippen LogP) is -7.72. The Hall–Kier alpha value is 0.210. The molecule has 0 amide bonds. The Morgan fingerprint density at radius 1 is 0.812 bits per heavy atom. The van der Waals surface area contributed by atoms with Gasteiger partial charge < -0.3 is 25.2 Å². The minimum Gasteiger partial charge on any atom is -0.652 e. The molecule has 0 saturated carbocycles. The number of carboxylic acid groups (broad SMARTS) is 4. The van der Waals surface area contributed by atoms with Crippen LogP contribution in [-0.4, -0.2) is 28.3 Å². The SMILES string of the molecule is O=C(O)CCCCC(=O)O.O=C([O-])[O-].[Na+].[Na+]. The molecule has 0 aromatic heterocycles. The largest absolute Gasteiger partial charge is 1.00 e. The van der Waals surface area contributed by atoms with Gasteiger partial charge in [-0.2, -0.15) is 0 Å². The van der Waals surface area contributed by atoms with Crippen molar-refractivity contribution in [2.75, 3.05) is 0 Å². The molecule has 2 N–H and O–H groups in total. The molecule has 0 bridgehead atoms. The second-order valence-electron chi connectivity index (χ2n) is 2.24. The van der Waals surface area contributed by atoms with E-state index >= 15 is 0 Å². The summed E-state index contributed by atoms with van der Waals surface area (Å²) >= 11 is 0. The zero-order valence-corrected chi connectivity index (χ0v) is 13.3. The molecule has 0 spiro atoms. The molecule has 0 unspecified atom stereocenters. The van der Waals surface area contributed by atoms with Crippen LogP contribution in [0.1, 0.15) is 25.7 Å². The Labute approximate surface area is 136 Å². The van der Waals surface area contributed by atoms with Gasteiger partial charge in [0.2, 0.25) is 0 Å². The summed E-state index contributed by atoms with van der Waals surface area (Å²) in [5.41, 5.74) is 0. The van der Waals surface area contributed by atoms with Gasteiger partial charge in [-0.1, -0.05) is 0 Å². The molecule has 16 heavy (non-hydrogen) atoms. The van der Waals surface area contributed by atoms with Gasteiger partial charge in [0.15, 0.2) is 0 Å². The first-order valence-corrected chi connectivity index (χ1v) is 3.67. The molecule has 0 aliphatic heterocycles. The Bertz CT molecular complexity index is 187. The molecule has 0 aliphatic rings. The van der Waals surface area contributed by atoms with E-state index in [2.05, 4.69) is 0 Å². The van der Waals surface area contributed by atoms with E-state index in [1.54, 1.807) is 0 Å². The van der Waals surface area contributed by atoms with E-state index in [1.165, 1.54) is 0 Å². The number of unbranched alkanes of at least 4 members (excludes halogenated alkanes) is 1. The van der Waals surface area contributed by atoms with Crippen LogP contribution in [0, 0.1) is 0 Å². The van der Waals surface area contributed by atoms with Gasteiger partial charge in [-0.3, -0.25) is 9.59 Å². The van der Waals surface area contributed by atoms with Crippen LogP contribution >= 0.6 is 0 Å². The number of hydrogen-bond donors (Lipinski definition) is 2. The molecule has 0 aromatic carbocycles. The van der Waals surface area contributed by atoms with Crippen LogP contribution in [0.15, 0.2) is 0 Å². The Kier molecular flexibility index (Phi) is 27.7. The molecule has 0 rings (SSSR count). The second-order valence-corrected chi connectivity index (χ2v) is 2.24. The fourth-order valence-electron chi connectivity index (χ4n) is 0.552. The van der Waals surface area contributed by atoms with Crippen LogP contribution in [-0.2, 0) is 9.59 Å². The summed E-state index contributed by atoms with van der Waals surface area (Å²) in [6.45, 7) is 0. The topological polar surface area (TPSA) is 138 Å². The molecule has 0 aromatic rings. The van der Waals surface area contributed by atoms with E-state index in [0.717, 1.165) is 0 Å². The number of hydrogen-bond acceptors (Lipinski definition) is 5. The fourth-order valence-corrected chi connectivity index (χ4v) is 0.552. The molecule has 9 heteroatoms. The van der Waals surface area contributed by atoms with Crippen molar-refractivity contribution in [2.24, 2.45) is 0 Å². The molecule has 0 fully saturated rings. The first-order valence-electron chi connectivity index (χ1n) is 3.67. The summed E-state index contributed by atoms with van der Waals surface area (Å²) in [7, 11) is 0. The molecule has 0 heterocycles. The van der Waals surface area contributed by atoms with Crippen molar-refractivity contribution >= 4 is 18.1 Å². The van der Waals surface area contributed by atoms with Crippen molar-refractivity contribution < 1.29 is 93.9 Å². The van der Waals surface area contributed by atoms with E-state index in [4.69, 9.17) is 25.2 Å². The number of carbonyl (C=O) groups is 3. The van der Waals surface area contributed by atoms with Gasteiger partial charge in [-0.25, -0.2) is 0 Å². The van der Waals surface area contributed by atoms with E-state index in [-0.39, 0.29) is 72.0 Å². The van der Waals surface area contributed by atoms with Crippen molar-refractivity contribution in [3.05, 3.63) is 0 Å². The molecular weight excluding hydrogens is 242 g/mol. The van der Waals surface area contributed by atoms with E-state index in [0.29, 0.717) is 12.8 Å². The van der Waals surface area contributed by atoms with Gasteiger partial charge in [-0.15, -0.1) is 0 Å². The zero-order valence-electron chi connectivity index (χ0n) is 9.26. The maximum absolute atomic E-state index is 9.90. The van der Waals surface area contributed by atoms with Crippen molar-refractivity contribution in [3.8, 4) is 0 Å². The maximum atomic E-state index is 9.90. The normalized spacial score (nSPS) is 7.25. The van der Waals surface area contributed by atoms with Crippen LogP contribution in [0.2, 0.25) is 0 Å². The smallest absolute Gasteiger partial charge is 0.652 e. The Morgan fingerprint density at radius 2 is 1.00 bits per heavy atom. The van der Waals surface area contributed by atoms with Crippen LogP contribution in [0.25, 0.3) is 0 Å². The number of rotatable bonds is 5. The van der Waals surface area contributed by atoms with E-state index < -0.39 is 18.1 Å². The predicted molar refractivity (Wildman–Crippen MR) is 39.1 cm³/mol. The summed E-state index contributed by atoms with van der Waals surface area (Å²) in [6, 6.07) is 0. The second kappa shape index (κ2) is 17.6. The monoisotopic (exact) mass is 252 g/mol. The Balaban J connectivity index is -0.000000105. The fraction of sp³-hybridized carbons (Fsp3) is 0.571. The van der Waals surface area contributed by atoms with Gasteiger partial charge in [-0.05, 0) is 19.0 Å². The molecule has 0 aliphatic carbocycles. The third kappa shape index (κ3) is 47.7. The van der Waals surface area contributed by atoms with Gasteiger partial charge in [0.25, 0.3) is 0 Å². The summed E-state index contributed by atoms with van der Waals surface area (Å²) in [6.07, 6.45) is -1.32. The van der Waals surface area contributed by atoms with Crippen molar-refractivity contribution in [1.82, 2.24) is 0 Å². The molecule has 7 nitrogen and oxygen atoms in total. The molecule has 0 saturated heterocycles. The standard InChI is InChI=1S/C6H10O4.CH2O3.2Na/c7-5(8)3-1-2-4-6(9)10;2-1(3)4;;/h1-4H2,(H,7,8)(H,9,10);(H2,2,3,4);;/q;;2*+1/p-2. The molecular formula is C7H10Na2O7. The van der Waals surface area contributed by atoms with Crippen LogP contribution < -0.4 is 69.3 Å². The average Bonchev–Trinajstić information content (AvgIpc) is 1.96. The summed E-state index contributed by atoms with van der Waals surface area (Å²) in [5, 5.41) is 32.9. The van der Waals surface area contributed by atoms with Gasteiger partial charge >= 0.3 is 71.1 Å². The number of carbonyl (C=O) groups excluding carboxylic acids is 1. The van der Waals surface area contributed by atoms with Gasteiger partial charge in [0.05, 0.1) is 0 Å². The Morgan fingerprint density at radius 3 is 1.12 bits per heavy atom. The van der Waals surface area contributed by atoms with Crippen molar-refractivity contribution in [1.29, 1.82) is 0 Å². The summed E-state index contributed by atoms with van der Waals surface area (Å²) < 4.78 is 0. The minimum atomic E-state index is -2.33. The van der Waals surface area contributed by atoms with E-state index in [1.807, 2.05) is 0 Å². The first-order chi connectivity index (χ1) is 6.36. The maximum Gasteiger partial charge on any atom is 1.00 e. The third-order valence-electron chi connectivity index (χ3n) is 1.03. The molecule has 82 valence electrons.